The summed E-state index contributed by atoms with van der Waals surface area (Å²) in [6.45, 7) is 1.96. The molecule has 104 valence electrons. The van der Waals surface area contributed by atoms with E-state index >= 15 is 0 Å². The Morgan fingerprint density at radius 3 is 2.17 bits per heavy atom. The van der Waals surface area contributed by atoms with E-state index in [1.54, 1.807) is 0 Å². The van der Waals surface area contributed by atoms with Crippen LogP contribution in [0.5, 0.6) is 0 Å². The predicted molar refractivity (Wildman–Crippen MR) is 55.1 cm³/mol. The molecule has 1 fully saturated rings. The maximum absolute atomic E-state index is 10.8. The average Bonchev–Trinajstić information content (AvgIpc) is 2.27. The Labute approximate surface area is 103 Å². The van der Waals surface area contributed by atoms with Gasteiger partial charge in [0.1, 0.15) is 31.0 Å². The van der Waals surface area contributed by atoms with Gasteiger partial charge in [-0.05, 0) is 0 Å². The second-order valence-corrected chi connectivity index (χ2v) is 3.93. The maximum atomic E-state index is 10.8. The van der Waals surface area contributed by atoms with Gasteiger partial charge in [-0.3, -0.25) is 9.59 Å². The number of esters is 2. The molecule has 0 saturated carbocycles. The number of aliphatic hydroxyl groups excluding tert-OH is 3. The van der Waals surface area contributed by atoms with Crippen LogP contribution in [0.25, 0.3) is 0 Å². The van der Waals surface area contributed by atoms with Crippen LogP contribution in [-0.2, 0) is 23.8 Å². The van der Waals surface area contributed by atoms with Crippen LogP contribution in [0.1, 0.15) is 13.8 Å². The molecule has 5 atom stereocenters. The molecule has 0 aliphatic carbocycles. The molecule has 1 saturated heterocycles. The van der Waals surface area contributed by atoms with Gasteiger partial charge in [-0.2, -0.15) is 0 Å². The molecule has 0 radical (unpaired) electrons. The number of hydrogen-bond acceptors (Lipinski definition) is 8. The highest BCUT2D eigenvalue weighted by molar-refractivity contribution is 5.66. The Balaban J connectivity index is 2.67. The molecule has 0 amide bonds. The van der Waals surface area contributed by atoms with Gasteiger partial charge in [0.05, 0.1) is 0 Å². The van der Waals surface area contributed by atoms with Gasteiger partial charge in [-0.15, -0.1) is 0 Å². The zero-order chi connectivity index (χ0) is 13.9. The maximum Gasteiger partial charge on any atom is 0.305 e. The van der Waals surface area contributed by atoms with Crippen LogP contribution in [0, 0.1) is 0 Å². The summed E-state index contributed by atoms with van der Waals surface area (Å²) in [4.78, 5) is 21.4. The smallest absolute Gasteiger partial charge is 0.305 e. The minimum Gasteiger partial charge on any atom is -0.463 e. The second-order valence-electron chi connectivity index (χ2n) is 3.93. The molecule has 0 aromatic carbocycles. The van der Waals surface area contributed by atoms with Gasteiger partial charge < -0.3 is 29.5 Å². The molecular weight excluding hydrogens is 248 g/mol. The van der Waals surface area contributed by atoms with E-state index in [9.17, 15) is 24.9 Å². The Morgan fingerprint density at radius 2 is 1.67 bits per heavy atom. The number of hydrogen-bond donors (Lipinski definition) is 3. The van der Waals surface area contributed by atoms with Crippen molar-refractivity contribution >= 4 is 11.9 Å². The van der Waals surface area contributed by atoms with Crippen LogP contribution in [0.3, 0.4) is 0 Å². The van der Waals surface area contributed by atoms with E-state index in [1.807, 2.05) is 0 Å². The van der Waals surface area contributed by atoms with Crippen molar-refractivity contribution in [1.29, 1.82) is 0 Å². The first-order valence-electron chi connectivity index (χ1n) is 5.33. The Hall–Kier alpha value is -1.22. The molecule has 0 aromatic heterocycles. The van der Waals surface area contributed by atoms with Gasteiger partial charge in [-0.1, -0.05) is 0 Å². The van der Waals surface area contributed by atoms with Gasteiger partial charge >= 0.3 is 11.9 Å². The standard InChI is InChI=1S/C10H16O8/c1-4(11)16-3-6-7(13)8(14)9(15)10(18-6)17-5(2)12/h6-10,13-15H,3H2,1-2H3/t6?,7-,8?,9-,10+/m0/s1. The third-order valence-corrected chi connectivity index (χ3v) is 2.40. The van der Waals surface area contributed by atoms with E-state index in [0.29, 0.717) is 0 Å². The quantitative estimate of drug-likeness (QED) is 0.496. The molecule has 1 aliphatic rings. The van der Waals surface area contributed by atoms with Crippen molar-refractivity contribution in [1.82, 2.24) is 0 Å². The molecule has 3 N–H and O–H groups in total. The summed E-state index contributed by atoms with van der Waals surface area (Å²) in [6, 6.07) is 0. The largest absolute Gasteiger partial charge is 0.463 e. The minimum atomic E-state index is -1.57. The highest BCUT2D eigenvalue weighted by Crippen LogP contribution is 2.22. The summed E-state index contributed by atoms with van der Waals surface area (Å²) in [6.07, 6.45) is -7.09. The van der Waals surface area contributed by atoms with Crippen molar-refractivity contribution in [3.8, 4) is 0 Å². The summed E-state index contributed by atoms with van der Waals surface area (Å²) in [7, 11) is 0. The first kappa shape index (κ1) is 14.8. The number of ether oxygens (including phenoxy) is 3. The molecule has 8 nitrogen and oxygen atoms in total. The number of rotatable bonds is 3. The third-order valence-electron chi connectivity index (χ3n) is 2.40. The van der Waals surface area contributed by atoms with E-state index in [4.69, 9.17) is 4.74 Å². The number of aliphatic hydroxyl groups is 3. The zero-order valence-electron chi connectivity index (χ0n) is 9.98. The molecule has 8 heteroatoms. The van der Waals surface area contributed by atoms with Crippen molar-refractivity contribution in [2.75, 3.05) is 6.61 Å². The second kappa shape index (κ2) is 6.10. The number of carbonyl (C=O) groups excluding carboxylic acids is 2. The summed E-state index contributed by atoms with van der Waals surface area (Å²) >= 11 is 0. The lowest BCUT2D eigenvalue weighted by Crippen LogP contribution is -2.59. The van der Waals surface area contributed by atoms with Gasteiger partial charge in [0.25, 0.3) is 0 Å². The van der Waals surface area contributed by atoms with Crippen LogP contribution in [0.15, 0.2) is 0 Å². The van der Waals surface area contributed by atoms with Gasteiger partial charge in [0.15, 0.2) is 0 Å². The molecule has 1 rings (SSSR count). The molecule has 2 unspecified atom stereocenters. The summed E-state index contributed by atoms with van der Waals surface area (Å²) in [5, 5.41) is 28.7. The first-order chi connectivity index (χ1) is 8.32. The van der Waals surface area contributed by atoms with E-state index in [1.165, 1.54) is 6.92 Å². The highest BCUT2D eigenvalue weighted by atomic mass is 16.7. The van der Waals surface area contributed by atoms with Crippen LogP contribution in [0.2, 0.25) is 0 Å². The fourth-order valence-corrected chi connectivity index (χ4v) is 1.51. The van der Waals surface area contributed by atoms with Crippen LogP contribution in [-0.4, -0.2) is 64.6 Å². The summed E-state index contributed by atoms with van der Waals surface area (Å²) in [5.74, 6) is -1.30. The van der Waals surface area contributed by atoms with Gasteiger partial charge in [0, 0.05) is 13.8 Å². The van der Waals surface area contributed by atoms with Crippen molar-refractivity contribution < 1.29 is 39.1 Å². The topological polar surface area (TPSA) is 123 Å². The van der Waals surface area contributed by atoms with Crippen molar-refractivity contribution in [2.45, 2.75) is 44.6 Å². The van der Waals surface area contributed by atoms with E-state index in [2.05, 4.69) is 9.47 Å². The molecule has 0 bridgehead atoms. The Morgan fingerprint density at radius 1 is 1.06 bits per heavy atom. The SMILES string of the molecule is CC(=O)OCC1O[C@@H](OC(C)=O)[C@@H](O)C(O)[C@H]1O. The molecule has 0 aromatic rings. The normalized spacial score (nSPS) is 35.9. The molecule has 18 heavy (non-hydrogen) atoms. The van der Waals surface area contributed by atoms with Gasteiger partial charge in [-0.25, -0.2) is 0 Å². The minimum absolute atomic E-state index is 0.321. The van der Waals surface area contributed by atoms with E-state index < -0.39 is 42.6 Å². The lowest BCUT2D eigenvalue weighted by atomic mass is 9.99. The third kappa shape index (κ3) is 3.64. The van der Waals surface area contributed by atoms with E-state index in [0.717, 1.165) is 6.92 Å². The fraction of sp³-hybridized carbons (Fsp3) is 0.800. The molecular formula is C10H16O8. The van der Waals surface area contributed by atoms with Gasteiger partial charge in [0.2, 0.25) is 6.29 Å². The van der Waals surface area contributed by atoms with Crippen LogP contribution in [0.4, 0.5) is 0 Å². The summed E-state index contributed by atoms with van der Waals surface area (Å²) < 4.78 is 14.3. The van der Waals surface area contributed by atoms with Crippen molar-refractivity contribution in [2.24, 2.45) is 0 Å². The monoisotopic (exact) mass is 264 g/mol. The van der Waals surface area contributed by atoms with Crippen LogP contribution >= 0.6 is 0 Å². The zero-order valence-corrected chi connectivity index (χ0v) is 9.98. The predicted octanol–water partition coefficient (Wildman–Crippen LogP) is -2.08. The average molecular weight is 264 g/mol. The lowest BCUT2D eigenvalue weighted by molar-refractivity contribution is -0.292. The Bertz CT molecular complexity index is 315. The van der Waals surface area contributed by atoms with Crippen molar-refractivity contribution in [3.05, 3.63) is 0 Å². The Kier molecular flexibility index (Phi) is 5.03. The number of carbonyl (C=O) groups is 2. The molecule has 1 aliphatic heterocycles. The van der Waals surface area contributed by atoms with Crippen LogP contribution < -0.4 is 0 Å². The highest BCUT2D eigenvalue weighted by Gasteiger charge is 2.45. The molecule has 1 heterocycles. The first-order valence-corrected chi connectivity index (χ1v) is 5.33. The van der Waals surface area contributed by atoms with Crippen molar-refractivity contribution in [3.63, 3.8) is 0 Å². The molecule has 0 spiro atoms. The summed E-state index contributed by atoms with van der Waals surface area (Å²) in [5.41, 5.74) is 0. The van der Waals surface area contributed by atoms with E-state index in [-0.39, 0.29) is 6.61 Å². The lowest BCUT2D eigenvalue weighted by Gasteiger charge is -2.39. The fourth-order valence-electron chi connectivity index (χ4n) is 1.51.